The van der Waals surface area contributed by atoms with Crippen molar-refractivity contribution in [2.75, 3.05) is 26.7 Å². The Morgan fingerprint density at radius 3 is 2.70 bits per heavy atom. The minimum atomic E-state index is -0.0443. The molecule has 0 radical (unpaired) electrons. The molecule has 6 heteroatoms. The van der Waals surface area contributed by atoms with Crippen molar-refractivity contribution in [1.29, 1.82) is 0 Å². The molecule has 1 aromatic heterocycles. The zero-order valence-corrected chi connectivity index (χ0v) is 16.7. The highest BCUT2D eigenvalue weighted by Crippen LogP contribution is 2.29. The summed E-state index contributed by atoms with van der Waals surface area (Å²) in [6, 6.07) is 11.9. The molecule has 0 spiro atoms. The first kappa shape index (κ1) is 19.6. The maximum atomic E-state index is 12.6. The van der Waals surface area contributed by atoms with E-state index < -0.39 is 0 Å². The van der Waals surface area contributed by atoms with Crippen LogP contribution in [0.4, 0.5) is 0 Å². The van der Waals surface area contributed by atoms with Gasteiger partial charge >= 0.3 is 0 Å². The molecule has 1 aliphatic heterocycles. The van der Waals surface area contributed by atoms with E-state index in [4.69, 9.17) is 0 Å². The largest absolute Gasteiger partial charge is 0.399 e. The van der Waals surface area contributed by atoms with Gasteiger partial charge in [0, 0.05) is 17.0 Å². The van der Waals surface area contributed by atoms with Crippen molar-refractivity contribution >= 4 is 23.5 Å². The van der Waals surface area contributed by atoms with Gasteiger partial charge in [-0.15, -0.1) is 11.3 Å². The normalized spacial score (nSPS) is 17.1. The number of thiophene rings is 1. The standard InChI is InChI=1S/C21H27N3O2S/c1-16-9-11-24(12-10-16)19(20-4-3-13-27-20)15-22-21(25)18-7-5-17(6-8-18)14-23-26-2/h3-8,13-14,16,19H,9-12,15H2,1-2H3,(H,22,25)/b23-14+. The number of piperidine rings is 1. The predicted molar refractivity (Wildman–Crippen MR) is 110 cm³/mol. The third-order valence-corrected chi connectivity index (χ3v) is 6.04. The summed E-state index contributed by atoms with van der Waals surface area (Å²) in [5, 5.41) is 8.97. The summed E-state index contributed by atoms with van der Waals surface area (Å²) in [5.74, 6) is 0.747. The van der Waals surface area contributed by atoms with Gasteiger partial charge in [-0.3, -0.25) is 9.69 Å². The summed E-state index contributed by atoms with van der Waals surface area (Å²) in [4.78, 5) is 21.1. The van der Waals surface area contributed by atoms with E-state index in [9.17, 15) is 4.79 Å². The Balaban J connectivity index is 1.62. The maximum absolute atomic E-state index is 12.6. The van der Waals surface area contributed by atoms with Crippen LogP contribution in [0, 0.1) is 5.92 Å². The lowest BCUT2D eigenvalue weighted by Gasteiger charge is -2.36. The Morgan fingerprint density at radius 2 is 2.07 bits per heavy atom. The van der Waals surface area contributed by atoms with Crippen molar-refractivity contribution in [3.05, 3.63) is 57.8 Å². The number of carbonyl (C=O) groups excluding carboxylic acids is 1. The number of benzene rings is 1. The molecular weight excluding hydrogens is 358 g/mol. The van der Waals surface area contributed by atoms with E-state index in [0.29, 0.717) is 12.1 Å². The summed E-state index contributed by atoms with van der Waals surface area (Å²) in [6.45, 7) is 5.13. The average Bonchev–Trinajstić information content (AvgIpc) is 3.22. The fourth-order valence-electron chi connectivity index (χ4n) is 3.36. The summed E-state index contributed by atoms with van der Waals surface area (Å²) >= 11 is 1.76. The van der Waals surface area contributed by atoms with E-state index in [1.807, 2.05) is 24.3 Å². The van der Waals surface area contributed by atoms with Gasteiger partial charge < -0.3 is 10.2 Å². The van der Waals surface area contributed by atoms with Crippen LogP contribution >= 0.6 is 11.3 Å². The fraction of sp³-hybridized carbons (Fsp3) is 0.429. The third-order valence-electron chi connectivity index (χ3n) is 5.07. The van der Waals surface area contributed by atoms with E-state index in [-0.39, 0.29) is 11.9 Å². The van der Waals surface area contributed by atoms with Crippen LogP contribution in [-0.4, -0.2) is 43.8 Å². The minimum Gasteiger partial charge on any atom is -0.399 e. The van der Waals surface area contributed by atoms with Gasteiger partial charge in [0.05, 0.1) is 12.3 Å². The van der Waals surface area contributed by atoms with Crippen LogP contribution in [0.5, 0.6) is 0 Å². The molecule has 1 atom stereocenters. The molecule has 1 aromatic carbocycles. The first-order valence-electron chi connectivity index (χ1n) is 9.39. The number of nitrogens with one attached hydrogen (secondary N) is 1. The zero-order valence-electron chi connectivity index (χ0n) is 15.9. The Bertz CT molecular complexity index is 735. The molecule has 3 rings (SSSR count). The van der Waals surface area contributed by atoms with Crippen molar-refractivity contribution in [3.8, 4) is 0 Å². The number of hydrogen-bond acceptors (Lipinski definition) is 5. The smallest absolute Gasteiger partial charge is 0.251 e. The summed E-state index contributed by atoms with van der Waals surface area (Å²) < 4.78 is 0. The van der Waals surface area contributed by atoms with Crippen LogP contribution in [0.2, 0.25) is 0 Å². The Hall–Kier alpha value is -2.18. The molecule has 0 saturated carbocycles. The molecule has 27 heavy (non-hydrogen) atoms. The molecule has 1 fully saturated rings. The van der Waals surface area contributed by atoms with Crippen molar-refractivity contribution in [2.24, 2.45) is 11.1 Å². The lowest BCUT2D eigenvalue weighted by atomic mass is 9.97. The lowest BCUT2D eigenvalue weighted by Crippen LogP contribution is -2.41. The molecule has 2 heterocycles. The summed E-state index contributed by atoms with van der Waals surface area (Å²) in [6.07, 6.45) is 4.06. The van der Waals surface area contributed by atoms with Gasteiger partial charge in [-0.2, -0.15) is 0 Å². The number of nitrogens with zero attached hydrogens (tertiary/aromatic N) is 2. The Labute approximate surface area is 165 Å². The molecule has 1 unspecified atom stereocenters. The fourth-order valence-corrected chi connectivity index (χ4v) is 4.22. The highest BCUT2D eigenvalue weighted by molar-refractivity contribution is 7.10. The molecule has 2 aromatic rings. The van der Waals surface area contributed by atoms with Gasteiger partial charge in [-0.1, -0.05) is 30.3 Å². The van der Waals surface area contributed by atoms with Crippen LogP contribution in [0.25, 0.3) is 0 Å². The first-order valence-corrected chi connectivity index (χ1v) is 10.3. The number of oxime groups is 1. The van der Waals surface area contributed by atoms with Gasteiger partial charge in [-0.25, -0.2) is 0 Å². The third kappa shape index (κ3) is 5.40. The quantitative estimate of drug-likeness (QED) is 0.580. The average molecular weight is 386 g/mol. The van der Waals surface area contributed by atoms with Crippen LogP contribution in [0.3, 0.4) is 0 Å². The second kappa shape index (κ2) is 9.67. The Morgan fingerprint density at radius 1 is 1.33 bits per heavy atom. The predicted octanol–water partition coefficient (Wildman–Crippen LogP) is 3.93. The second-order valence-corrected chi connectivity index (χ2v) is 7.98. The van der Waals surface area contributed by atoms with Gasteiger partial charge in [0.1, 0.15) is 7.11 Å². The Kier molecular flexibility index (Phi) is 7.01. The van der Waals surface area contributed by atoms with Crippen LogP contribution in [0.15, 0.2) is 46.9 Å². The number of likely N-dealkylation sites (tertiary alicyclic amines) is 1. The SMILES string of the molecule is CO/N=C/c1ccc(C(=O)NCC(c2cccs2)N2CCC(C)CC2)cc1. The minimum absolute atomic E-state index is 0.0443. The van der Waals surface area contributed by atoms with Gasteiger partial charge in [0.15, 0.2) is 0 Å². The number of carbonyl (C=O) groups is 1. The molecule has 1 saturated heterocycles. The molecule has 1 amide bonds. The number of rotatable bonds is 7. The lowest BCUT2D eigenvalue weighted by molar-refractivity contribution is 0.0915. The molecular formula is C21H27N3O2S. The monoisotopic (exact) mass is 385 g/mol. The van der Waals surface area contributed by atoms with E-state index in [2.05, 4.69) is 44.6 Å². The topological polar surface area (TPSA) is 53.9 Å². The zero-order chi connectivity index (χ0) is 19.1. The summed E-state index contributed by atoms with van der Waals surface area (Å²) in [5.41, 5.74) is 1.55. The van der Waals surface area contributed by atoms with E-state index in [0.717, 1.165) is 24.6 Å². The van der Waals surface area contributed by atoms with Crippen molar-refractivity contribution in [2.45, 2.75) is 25.8 Å². The van der Waals surface area contributed by atoms with Crippen molar-refractivity contribution in [3.63, 3.8) is 0 Å². The number of hydrogen-bond donors (Lipinski definition) is 1. The van der Waals surface area contributed by atoms with Crippen LogP contribution in [-0.2, 0) is 4.84 Å². The first-order chi connectivity index (χ1) is 13.2. The second-order valence-electron chi connectivity index (χ2n) is 7.00. The molecule has 1 N–H and O–H groups in total. The van der Waals surface area contributed by atoms with Crippen LogP contribution in [0.1, 0.15) is 46.6 Å². The van der Waals surface area contributed by atoms with Gasteiger partial charge in [0.2, 0.25) is 0 Å². The van der Waals surface area contributed by atoms with Crippen molar-refractivity contribution in [1.82, 2.24) is 10.2 Å². The van der Waals surface area contributed by atoms with E-state index >= 15 is 0 Å². The van der Waals surface area contributed by atoms with Crippen molar-refractivity contribution < 1.29 is 9.63 Å². The summed E-state index contributed by atoms with van der Waals surface area (Å²) in [7, 11) is 1.51. The highest BCUT2D eigenvalue weighted by atomic mass is 32.1. The van der Waals surface area contributed by atoms with E-state index in [1.165, 1.54) is 24.8 Å². The molecule has 144 valence electrons. The number of amides is 1. The van der Waals surface area contributed by atoms with E-state index in [1.54, 1.807) is 17.6 Å². The molecule has 1 aliphatic rings. The van der Waals surface area contributed by atoms with Gasteiger partial charge in [-0.05, 0) is 61.0 Å². The molecule has 0 aliphatic carbocycles. The molecule has 0 bridgehead atoms. The maximum Gasteiger partial charge on any atom is 0.251 e. The van der Waals surface area contributed by atoms with Gasteiger partial charge in [0.25, 0.3) is 5.91 Å². The highest BCUT2D eigenvalue weighted by Gasteiger charge is 2.25. The molecule has 5 nitrogen and oxygen atoms in total. The van der Waals surface area contributed by atoms with Crippen LogP contribution < -0.4 is 5.32 Å².